The minimum Gasteiger partial charge on any atom is -0.397 e. The number of nitrogens with zero attached hydrogens (tertiary/aromatic N) is 3. The lowest BCUT2D eigenvalue weighted by molar-refractivity contribution is 0.909. The predicted octanol–water partition coefficient (Wildman–Crippen LogP) is 2.17. The van der Waals surface area contributed by atoms with Crippen LogP contribution in [0.1, 0.15) is 6.42 Å². The van der Waals surface area contributed by atoms with Crippen LogP contribution in [0.15, 0.2) is 30.5 Å². The van der Waals surface area contributed by atoms with Gasteiger partial charge in [-0.3, -0.25) is 4.98 Å². The Morgan fingerprint density at radius 1 is 1.41 bits per heavy atom. The van der Waals surface area contributed by atoms with Gasteiger partial charge in [-0.05, 0) is 24.3 Å². The maximum Gasteiger partial charge on any atom is 0.0951 e. The van der Waals surface area contributed by atoms with E-state index in [4.69, 9.17) is 11.0 Å². The van der Waals surface area contributed by atoms with Crippen LogP contribution in [-0.2, 0) is 0 Å². The Bertz CT molecular complexity index is 571. The summed E-state index contributed by atoms with van der Waals surface area (Å²) in [7, 11) is 1.97. The first-order valence-electron chi connectivity index (χ1n) is 5.45. The van der Waals surface area contributed by atoms with Crippen molar-refractivity contribution in [3.63, 3.8) is 0 Å². The molecule has 1 heterocycles. The van der Waals surface area contributed by atoms with E-state index in [-0.39, 0.29) is 0 Å². The van der Waals surface area contributed by atoms with Gasteiger partial charge in [0.2, 0.25) is 0 Å². The Balaban J connectivity index is 2.48. The van der Waals surface area contributed by atoms with Gasteiger partial charge in [0, 0.05) is 30.9 Å². The van der Waals surface area contributed by atoms with E-state index < -0.39 is 0 Å². The largest absolute Gasteiger partial charge is 0.397 e. The molecule has 0 bridgehead atoms. The second kappa shape index (κ2) is 4.71. The lowest BCUT2D eigenvalue weighted by Crippen LogP contribution is -2.18. The maximum atomic E-state index is 8.61. The van der Waals surface area contributed by atoms with Crippen molar-refractivity contribution in [2.45, 2.75) is 6.42 Å². The quantitative estimate of drug-likeness (QED) is 0.814. The van der Waals surface area contributed by atoms with Crippen LogP contribution in [0.5, 0.6) is 0 Å². The smallest absolute Gasteiger partial charge is 0.0951 e. The van der Waals surface area contributed by atoms with Gasteiger partial charge in [-0.15, -0.1) is 0 Å². The van der Waals surface area contributed by atoms with E-state index in [0.29, 0.717) is 18.7 Å². The number of nitriles is 1. The normalized spacial score (nSPS) is 10.1. The van der Waals surface area contributed by atoms with Gasteiger partial charge >= 0.3 is 0 Å². The molecule has 2 rings (SSSR count). The molecule has 0 atom stereocenters. The van der Waals surface area contributed by atoms with Crippen molar-refractivity contribution in [3.05, 3.63) is 30.5 Å². The zero-order chi connectivity index (χ0) is 12.3. The second-order valence-corrected chi connectivity index (χ2v) is 3.90. The minimum atomic E-state index is 0.503. The molecule has 17 heavy (non-hydrogen) atoms. The molecule has 0 saturated carbocycles. The molecular formula is C13H14N4. The number of hydrogen-bond acceptors (Lipinski definition) is 4. The van der Waals surface area contributed by atoms with Gasteiger partial charge in [0.25, 0.3) is 0 Å². The number of nitrogens with two attached hydrogens (primary N) is 1. The molecule has 4 nitrogen and oxygen atoms in total. The lowest BCUT2D eigenvalue weighted by Gasteiger charge is -2.20. The number of anilines is 2. The van der Waals surface area contributed by atoms with Crippen molar-refractivity contribution >= 4 is 22.3 Å². The van der Waals surface area contributed by atoms with Crippen LogP contribution in [0, 0.1) is 11.3 Å². The molecule has 0 aliphatic rings. The highest BCUT2D eigenvalue weighted by Gasteiger charge is 2.08. The van der Waals surface area contributed by atoms with Gasteiger partial charge in [0.05, 0.1) is 23.7 Å². The number of hydrogen-bond donors (Lipinski definition) is 1. The standard InChI is InChI=1S/C13H14N4/c1-17(9-3-7-14)12-6-5-11(15)13-10(12)4-2-8-16-13/h2,4-6,8H,3,9,15H2,1H3. The number of nitrogen functional groups attached to an aromatic ring is 1. The fourth-order valence-corrected chi connectivity index (χ4v) is 1.85. The van der Waals surface area contributed by atoms with E-state index in [2.05, 4.69) is 11.1 Å². The summed E-state index contributed by atoms with van der Waals surface area (Å²) in [6, 6.07) is 9.86. The third kappa shape index (κ3) is 2.13. The van der Waals surface area contributed by atoms with Crippen molar-refractivity contribution in [3.8, 4) is 6.07 Å². The van der Waals surface area contributed by atoms with Crippen molar-refractivity contribution in [2.75, 3.05) is 24.2 Å². The Hall–Kier alpha value is -2.28. The van der Waals surface area contributed by atoms with Crippen molar-refractivity contribution in [1.29, 1.82) is 5.26 Å². The number of rotatable bonds is 3. The van der Waals surface area contributed by atoms with E-state index in [1.54, 1.807) is 6.20 Å². The summed E-state index contributed by atoms with van der Waals surface area (Å²) in [5, 5.41) is 9.63. The summed E-state index contributed by atoms with van der Waals surface area (Å²) < 4.78 is 0. The zero-order valence-electron chi connectivity index (χ0n) is 9.72. The fourth-order valence-electron chi connectivity index (χ4n) is 1.85. The molecule has 0 unspecified atom stereocenters. The number of benzene rings is 1. The van der Waals surface area contributed by atoms with Gasteiger partial charge < -0.3 is 10.6 Å². The Morgan fingerprint density at radius 3 is 3.00 bits per heavy atom. The van der Waals surface area contributed by atoms with Crippen LogP contribution in [0.4, 0.5) is 11.4 Å². The Kier molecular flexibility index (Phi) is 3.10. The highest BCUT2D eigenvalue weighted by Crippen LogP contribution is 2.28. The van der Waals surface area contributed by atoms with E-state index in [1.807, 2.05) is 36.2 Å². The first kappa shape index (κ1) is 11.2. The van der Waals surface area contributed by atoms with E-state index in [1.165, 1.54) is 0 Å². The van der Waals surface area contributed by atoms with Gasteiger partial charge in [0.15, 0.2) is 0 Å². The van der Waals surface area contributed by atoms with Crippen LogP contribution in [0.3, 0.4) is 0 Å². The van der Waals surface area contributed by atoms with Gasteiger partial charge in [0.1, 0.15) is 0 Å². The van der Waals surface area contributed by atoms with Crippen molar-refractivity contribution in [1.82, 2.24) is 4.98 Å². The van der Waals surface area contributed by atoms with Gasteiger partial charge in [-0.1, -0.05) is 0 Å². The molecule has 2 N–H and O–H groups in total. The molecule has 1 aromatic carbocycles. The van der Waals surface area contributed by atoms with Crippen LogP contribution in [-0.4, -0.2) is 18.6 Å². The first-order valence-corrected chi connectivity index (χ1v) is 5.45. The summed E-state index contributed by atoms with van der Waals surface area (Å²) in [5.41, 5.74) is 8.44. The number of fused-ring (bicyclic) bond motifs is 1. The molecule has 0 aliphatic heterocycles. The summed E-state index contributed by atoms with van der Waals surface area (Å²) in [6.07, 6.45) is 2.24. The number of pyridine rings is 1. The van der Waals surface area contributed by atoms with Crippen LogP contribution in [0.2, 0.25) is 0 Å². The monoisotopic (exact) mass is 226 g/mol. The Labute approximate surface area is 100 Å². The molecule has 0 fully saturated rings. The van der Waals surface area contributed by atoms with Crippen molar-refractivity contribution < 1.29 is 0 Å². The first-order chi connectivity index (χ1) is 8.24. The molecular weight excluding hydrogens is 212 g/mol. The maximum absolute atomic E-state index is 8.61. The molecule has 1 aromatic heterocycles. The van der Waals surface area contributed by atoms with E-state index >= 15 is 0 Å². The van der Waals surface area contributed by atoms with E-state index in [0.717, 1.165) is 16.6 Å². The highest BCUT2D eigenvalue weighted by molar-refractivity contribution is 5.98. The van der Waals surface area contributed by atoms with Gasteiger partial charge in [-0.2, -0.15) is 5.26 Å². The van der Waals surface area contributed by atoms with Crippen LogP contribution < -0.4 is 10.6 Å². The van der Waals surface area contributed by atoms with Crippen molar-refractivity contribution in [2.24, 2.45) is 0 Å². The Morgan fingerprint density at radius 2 is 2.24 bits per heavy atom. The molecule has 4 heteroatoms. The average Bonchev–Trinajstić information content (AvgIpc) is 2.37. The summed E-state index contributed by atoms with van der Waals surface area (Å²) in [5.74, 6) is 0. The van der Waals surface area contributed by atoms with Crippen LogP contribution >= 0.6 is 0 Å². The van der Waals surface area contributed by atoms with Gasteiger partial charge in [-0.25, -0.2) is 0 Å². The summed E-state index contributed by atoms with van der Waals surface area (Å²) in [6.45, 7) is 0.699. The molecule has 2 aromatic rings. The number of aromatic nitrogens is 1. The third-order valence-electron chi connectivity index (χ3n) is 2.75. The zero-order valence-corrected chi connectivity index (χ0v) is 9.72. The molecule has 86 valence electrons. The summed E-state index contributed by atoms with van der Waals surface area (Å²) >= 11 is 0. The fraction of sp³-hybridized carbons (Fsp3) is 0.231. The molecule has 0 amide bonds. The molecule has 0 radical (unpaired) electrons. The molecule has 0 saturated heterocycles. The topological polar surface area (TPSA) is 65.9 Å². The SMILES string of the molecule is CN(CCC#N)c1ccc(N)c2ncccc12. The lowest BCUT2D eigenvalue weighted by atomic mass is 10.1. The third-order valence-corrected chi connectivity index (χ3v) is 2.75. The molecule has 0 aliphatic carbocycles. The second-order valence-electron chi connectivity index (χ2n) is 3.90. The van der Waals surface area contributed by atoms with Crippen LogP contribution in [0.25, 0.3) is 10.9 Å². The highest BCUT2D eigenvalue weighted by atomic mass is 15.1. The minimum absolute atomic E-state index is 0.503. The molecule has 0 spiro atoms. The average molecular weight is 226 g/mol. The van der Waals surface area contributed by atoms with E-state index in [9.17, 15) is 0 Å². The summed E-state index contributed by atoms with van der Waals surface area (Å²) in [4.78, 5) is 6.34. The predicted molar refractivity (Wildman–Crippen MR) is 69.7 cm³/mol.